The number of hydrogen-bond donors (Lipinski definition) is 1. The minimum atomic E-state index is -3.17. The average Bonchev–Trinajstić information content (AvgIpc) is 2.35. The summed E-state index contributed by atoms with van der Waals surface area (Å²) >= 11 is 0. The van der Waals surface area contributed by atoms with E-state index in [9.17, 15) is 8.42 Å². The van der Waals surface area contributed by atoms with Crippen molar-refractivity contribution in [2.24, 2.45) is 0 Å². The fraction of sp³-hybridized carbons (Fsp3) is 0.385. The van der Waals surface area contributed by atoms with Crippen LogP contribution in [0.4, 0.5) is 5.69 Å². The smallest absolute Gasteiger partial charge is 0.180 e. The molecule has 0 unspecified atom stereocenters. The third kappa shape index (κ3) is 3.79. The molecule has 0 bridgehead atoms. The van der Waals surface area contributed by atoms with Crippen LogP contribution in [-0.2, 0) is 9.84 Å². The first-order valence-electron chi connectivity index (χ1n) is 5.61. The van der Waals surface area contributed by atoms with Gasteiger partial charge < -0.3 is 5.32 Å². The van der Waals surface area contributed by atoms with Gasteiger partial charge in [-0.2, -0.15) is 0 Å². The summed E-state index contributed by atoms with van der Waals surface area (Å²) in [6, 6.07) is 6.95. The maximum atomic E-state index is 11.8. The Bertz CT molecular complexity index is 500. The van der Waals surface area contributed by atoms with Crippen LogP contribution in [0.1, 0.15) is 19.8 Å². The van der Waals surface area contributed by atoms with E-state index >= 15 is 0 Å². The summed E-state index contributed by atoms with van der Waals surface area (Å²) in [6.45, 7) is 2.32. The van der Waals surface area contributed by atoms with E-state index in [2.05, 4.69) is 11.2 Å². The van der Waals surface area contributed by atoms with Crippen LogP contribution in [0, 0.1) is 12.3 Å². The number of para-hydroxylation sites is 1. The highest BCUT2D eigenvalue weighted by Crippen LogP contribution is 2.21. The van der Waals surface area contributed by atoms with Crippen LogP contribution in [0.25, 0.3) is 0 Å². The normalized spacial score (nSPS) is 10.8. The second kappa shape index (κ2) is 6.31. The van der Waals surface area contributed by atoms with Gasteiger partial charge in [-0.15, -0.1) is 12.3 Å². The van der Waals surface area contributed by atoms with Gasteiger partial charge in [0.15, 0.2) is 9.84 Å². The lowest BCUT2D eigenvalue weighted by Crippen LogP contribution is -2.09. The van der Waals surface area contributed by atoms with Crippen molar-refractivity contribution in [1.29, 1.82) is 0 Å². The van der Waals surface area contributed by atoms with Crippen LogP contribution in [0.15, 0.2) is 29.2 Å². The maximum Gasteiger partial charge on any atom is 0.180 e. The lowest BCUT2D eigenvalue weighted by atomic mass is 10.3. The second-order valence-corrected chi connectivity index (χ2v) is 5.88. The highest BCUT2D eigenvalue weighted by Gasteiger charge is 2.15. The van der Waals surface area contributed by atoms with Gasteiger partial charge in [0, 0.05) is 13.0 Å². The number of sulfone groups is 1. The molecule has 92 valence electrons. The van der Waals surface area contributed by atoms with Crippen LogP contribution >= 0.6 is 0 Å². The van der Waals surface area contributed by atoms with Gasteiger partial charge in [-0.1, -0.05) is 19.1 Å². The Morgan fingerprint density at radius 1 is 1.35 bits per heavy atom. The molecule has 0 amide bonds. The van der Waals surface area contributed by atoms with Crippen LogP contribution in [-0.4, -0.2) is 20.7 Å². The number of hydrogen-bond acceptors (Lipinski definition) is 3. The molecular formula is C13H17NO2S. The highest BCUT2D eigenvalue weighted by molar-refractivity contribution is 7.91. The number of unbranched alkanes of at least 4 members (excludes halogenated alkanes) is 1. The molecule has 0 spiro atoms. The quantitative estimate of drug-likeness (QED) is 0.623. The van der Waals surface area contributed by atoms with Crippen LogP contribution in [0.3, 0.4) is 0 Å². The molecule has 0 atom stereocenters. The summed E-state index contributed by atoms with van der Waals surface area (Å²) in [5, 5.41) is 3.11. The molecule has 0 aromatic heterocycles. The molecule has 1 rings (SSSR count). The zero-order valence-electron chi connectivity index (χ0n) is 9.94. The Labute approximate surface area is 103 Å². The molecule has 1 aromatic carbocycles. The van der Waals surface area contributed by atoms with Crippen molar-refractivity contribution in [3.05, 3.63) is 24.3 Å². The predicted molar refractivity (Wildman–Crippen MR) is 70.7 cm³/mol. The summed E-state index contributed by atoms with van der Waals surface area (Å²) in [4.78, 5) is 0.364. The van der Waals surface area contributed by atoms with Crippen molar-refractivity contribution >= 4 is 15.5 Å². The largest absolute Gasteiger partial charge is 0.384 e. The fourth-order valence-electron chi connectivity index (χ4n) is 1.45. The zero-order chi connectivity index (χ0) is 12.7. The number of rotatable bonds is 6. The first-order chi connectivity index (χ1) is 8.11. The summed E-state index contributed by atoms with van der Waals surface area (Å²) in [5.74, 6) is 2.66. The predicted octanol–water partition coefficient (Wildman–Crippen LogP) is 2.31. The molecule has 0 saturated carbocycles. The zero-order valence-corrected chi connectivity index (χ0v) is 10.8. The summed E-state index contributed by atoms with van der Waals surface area (Å²) in [7, 11) is -3.17. The second-order valence-electron chi connectivity index (χ2n) is 3.63. The van der Waals surface area contributed by atoms with Gasteiger partial charge in [0.2, 0.25) is 0 Å². The van der Waals surface area contributed by atoms with Gasteiger partial charge in [-0.05, 0) is 18.6 Å². The molecule has 0 aliphatic heterocycles. The Kier molecular flexibility index (Phi) is 5.05. The summed E-state index contributed by atoms with van der Waals surface area (Å²) in [6.07, 6.45) is 6.68. The van der Waals surface area contributed by atoms with Gasteiger partial charge in [0.1, 0.15) is 0 Å². The highest BCUT2D eigenvalue weighted by atomic mass is 32.2. The summed E-state index contributed by atoms with van der Waals surface area (Å²) in [5.41, 5.74) is 0.659. The van der Waals surface area contributed by atoms with Gasteiger partial charge in [0.05, 0.1) is 16.3 Å². The topological polar surface area (TPSA) is 46.2 Å². The Morgan fingerprint density at radius 3 is 2.71 bits per heavy atom. The van der Waals surface area contributed by atoms with Gasteiger partial charge in [-0.3, -0.25) is 0 Å². The third-order valence-electron chi connectivity index (χ3n) is 2.42. The molecule has 1 aromatic rings. The number of terminal acetylenes is 1. The first-order valence-corrected chi connectivity index (χ1v) is 7.26. The van der Waals surface area contributed by atoms with Crippen LogP contribution in [0.2, 0.25) is 0 Å². The van der Waals surface area contributed by atoms with Crippen LogP contribution in [0.5, 0.6) is 0 Å². The fourth-order valence-corrected chi connectivity index (χ4v) is 2.53. The molecule has 0 fully saturated rings. The monoisotopic (exact) mass is 251 g/mol. The molecule has 0 saturated heterocycles. The van der Waals surface area contributed by atoms with Gasteiger partial charge >= 0.3 is 0 Å². The van der Waals surface area contributed by atoms with E-state index < -0.39 is 9.84 Å². The molecule has 17 heavy (non-hydrogen) atoms. The van der Waals surface area contributed by atoms with E-state index in [0.29, 0.717) is 23.5 Å². The van der Waals surface area contributed by atoms with E-state index in [1.54, 1.807) is 25.1 Å². The number of anilines is 1. The van der Waals surface area contributed by atoms with Crippen molar-refractivity contribution in [2.45, 2.75) is 24.7 Å². The minimum Gasteiger partial charge on any atom is -0.384 e. The SMILES string of the molecule is C#CCCCNc1ccccc1S(=O)(=O)CC. The van der Waals surface area contributed by atoms with Crippen molar-refractivity contribution in [3.63, 3.8) is 0 Å². The van der Waals surface area contributed by atoms with E-state index in [1.165, 1.54) is 0 Å². The lowest BCUT2D eigenvalue weighted by molar-refractivity contribution is 0.597. The Balaban J connectivity index is 2.83. The van der Waals surface area contributed by atoms with Gasteiger partial charge in [0.25, 0.3) is 0 Å². The molecule has 0 aliphatic rings. The van der Waals surface area contributed by atoms with Crippen molar-refractivity contribution < 1.29 is 8.42 Å². The van der Waals surface area contributed by atoms with Crippen molar-refractivity contribution in [2.75, 3.05) is 17.6 Å². The van der Waals surface area contributed by atoms with Crippen LogP contribution < -0.4 is 5.32 Å². The maximum absolute atomic E-state index is 11.8. The van der Waals surface area contributed by atoms with Crippen molar-refractivity contribution in [3.8, 4) is 12.3 Å². The number of nitrogens with one attached hydrogen (secondary N) is 1. The molecule has 0 aliphatic carbocycles. The summed E-state index contributed by atoms with van der Waals surface area (Å²) < 4.78 is 23.7. The van der Waals surface area contributed by atoms with E-state index in [-0.39, 0.29) is 5.75 Å². The average molecular weight is 251 g/mol. The molecule has 1 N–H and O–H groups in total. The number of benzene rings is 1. The molecule has 4 heteroatoms. The van der Waals surface area contributed by atoms with E-state index in [4.69, 9.17) is 6.42 Å². The molecule has 0 radical (unpaired) electrons. The Morgan fingerprint density at radius 2 is 2.06 bits per heavy atom. The van der Waals surface area contributed by atoms with E-state index in [1.807, 2.05) is 6.07 Å². The minimum absolute atomic E-state index is 0.107. The first kappa shape index (κ1) is 13.6. The lowest BCUT2D eigenvalue weighted by Gasteiger charge is -2.11. The van der Waals surface area contributed by atoms with Gasteiger partial charge in [-0.25, -0.2) is 8.42 Å². The molecule has 3 nitrogen and oxygen atoms in total. The molecular weight excluding hydrogens is 234 g/mol. The third-order valence-corrected chi connectivity index (χ3v) is 4.20. The van der Waals surface area contributed by atoms with E-state index in [0.717, 1.165) is 6.42 Å². The standard InChI is InChI=1S/C13H17NO2S/c1-3-5-8-11-14-12-9-6-7-10-13(12)17(15,16)4-2/h1,6-7,9-10,14H,4-5,8,11H2,2H3. The van der Waals surface area contributed by atoms with Crippen molar-refractivity contribution in [1.82, 2.24) is 0 Å². The Hall–Kier alpha value is -1.47. The molecule has 0 heterocycles.